The molecule has 1 N–H and O–H groups in total. The minimum absolute atomic E-state index is 0.266. The normalized spacial score (nSPS) is 20.8. The van der Waals surface area contributed by atoms with E-state index in [0.29, 0.717) is 11.6 Å². The monoisotopic (exact) mass is 222 g/mol. The lowest BCUT2D eigenvalue weighted by molar-refractivity contribution is 0.0590. The van der Waals surface area contributed by atoms with Gasteiger partial charge in [-0.2, -0.15) is 0 Å². The Hall–Kier alpha value is -1.29. The lowest BCUT2D eigenvalue weighted by Gasteiger charge is -2.21. The van der Waals surface area contributed by atoms with Crippen molar-refractivity contribution in [2.75, 3.05) is 20.2 Å². The highest BCUT2D eigenvalue weighted by Gasteiger charge is 2.19. The van der Waals surface area contributed by atoms with Crippen LogP contribution < -0.4 is 5.32 Å². The number of piperidine rings is 1. The second-order valence-corrected chi connectivity index (χ2v) is 4.30. The van der Waals surface area contributed by atoms with Gasteiger partial charge >= 0.3 is 5.97 Å². The van der Waals surface area contributed by atoms with E-state index in [0.717, 1.165) is 13.1 Å². The van der Waals surface area contributed by atoms with Crippen LogP contribution in [0.2, 0.25) is 0 Å². The number of nitrogens with zero attached hydrogens (tertiary/aromatic N) is 1. The fourth-order valence-corrected chi connectivity index (χ4v) is 2.26. The largest absolute Gasteiger partial charge is 0.464 e. The zero-order valence-electron chi connectivity index (χ0n) is 9.82. The van der Waals surface area contributed by atoms with Crippen LogP contribution in [0.15, 0.2) is 12.3 Å². The predicted octanol–water partition coefficient (Wildman–Crippen LogP) is 1.28. The molecule has 1 aliphatic rings. The van der Waals surface area contributed by atoms with Crippen LogP contribution in [0, 0.1) is 0 Å². The van der Waals surface area contributed by atoms with Gasteiger partial charge in [-0.05, 0) is 36.9 Å². The highest BCUT2D eigenvalue weighted by molar-refractivity contribution is 5.87. The highest BCUT2D eigenvalue weighted by atomic mass is 16.5. The Morgan fingerprint density at radius 2 is 2.44 bits per heavy atom. The van der Waals surface area contributed by atoms with Crippen molar-refractivity contribution in [3.05, 3.63) is 23.5 Å². The average molecular weight is 222 g/mol. The van der Waals surface area contributed by atoms with E-state index in [2.05, 4.69) is 5.32 Å². The van der Waals surface area contributed by atoms with Gasteiger partial charge in [-0.25, -0.2) is 4.79 Å². The van der Waals surface area contributed by atoms with Crippen LogP contribution in [0.1, 0.15) is 34.8 Å². The number of esters is 1. The molecule has 1 aliphatic heterocycles. The first-order valence-corrected chi connectivity index (χ1v) is 5.67. The third-order valence-electron chi connectivity index (χ3n) is 3.19. The van der Waals surface area contributed by atoms with Crippen LogP contribution in [0.3, 0.4) is 0 Å². The van der Waals surface area contributed by atoms with Crippen molar-refractivity contribution in [2.24, 2.45) is 7.05 Å². The summed E-state index contributed by atoms with van der Waals surface area (Å²) in [4.78, 5) is 11.5. The summed E-state index contributed by atoms with van der Waals surface area (Å²) in [7, 11) is 3.29. The maximum absolute atomic E-state index is 11.5. The van der Waals surface area contributed by atoms with Gasteiger partial charge in [0.15, 0.2) is 0 Å². The number of aryl methyl sites for hydroxylation is 1. The van der Waals surface area contributed by atoms with Crippen LogP contribution in [0.5, 0.6) is 0 Å². The van der Waals surface area contributed by atoms with Crippen molar-refractivity contribution in [1.82, 2.24) is 9.88 Å². The Morgan fingerprint density at radius 1 is 1.62 bits per heavy atom. The Morgan fingerprint density at radius 3 is 3.06 bits per heavy atom. The SMILES string of the molecule is COC(=O)c1cc(C2CCCNC2)cn1C. The third kappa shape index (κ3) is 2.11. The summed E-state index contributed by atoms with van der Waals surface area (Å²) in [6.45, 7) is 2.11. The summed E-state index contributed by atoms with van der Waals surface area (Å²) >= 11 is 0. The van der Waals surface area contributed by atoms with Crippen LogP contribution in [-0.4, -0.2) is 30.7 Å². The van der Waals surface area contributed by atoms with Gasteiger partial charge in [-0.1, -0.05) is 0 Å². The molecule has 1 aromatic heterocycles. The molecule has 4 nitrogen and oxygen atoms in total. The van der Waals surface area contributed by atoms with Crippen LogP contribution in [0.25, 0.3) is 0 Å². The molecule has 1 fully saturated rings. The van der Waals surface area contributed by atoms with Gasteiger partial charge in [0.2, 0.25) is 0 Å². The summed E-state index contributed by atoms with van der Waals surface area (Å²) in [6, 6.07) is 1.95. The summed E-state index contributed by atoms with van der Waals surface area (Å²) in [5, 5.41) is 3.38. The average Bonchev–Trinajstić information content (AvgIpc) is 2.71. The van der Waals surface area contributed by atoms with Crippen molar-refractivity contribution in [3.63, 3.8) is 0 Å². The van der Waals surface area contributed by atoms with Crippen LogP contribution >= 0.6 is 0 Å². The zero-order chi connectivity index (χ0) is 11.5. The first-order chi connectivity index (χ1) is 7.72. The molecule has 16 heavy (non-hydrogen) atoms. The standard InChI is InChI=1S/C12H18N2O2/c1-14-8-10(6-11(14)12(15)16-2)9-4-3-5-13-7-9/h6,8-9,13H,3-5,7H2,1-2H3. The molecule has 0 amide bonds. The fraction of sp³-hybridized carbons (Fsp3) is 0.583. The summed E-state index contributed by atoms with van der Waals surface area (Å²) in [5.41, 5.74) is 1.86. The van der Waals surface area contributed by atoms with Gasteiger partial charge in [0, 0.05) is 19.8 Å². The van der Waals surface area contributed by atoms with Crippen molar-refractivity contribution in [1.29, 1.82) is 0 Å². The van der Waals surface area contributed by atoms with Gasteiger partial charge < -0.3 is 14.6 Å². The molecule has 0 radical (unpaired) electrons. The molecule has 2 rings (SSSR count). The van der Waals surface area contributed by atoms with Crippen molar-refractivity contribution >= 4 is 5.97 Å². The smallest absolute Gasteiger partial charge is 0.354 e. The number of rotatable bonds is 2. The molecular formula is C12H18N2O2. The highest BCUT2D eigenvalue weighted by Crippen LogP contribution is 2.24. The van der Waals surface area contributed by atoms with Gasteiger partial charge in [-0.15, -0.1) is 0 Å². The lowest BCUT2D eigenvalue weighted by atomic mass is 9.93. The first kappa shape index (κ1) is 11.2. The summed E-state index contributed by atoms with van der Waals surface area (Å²) in [6.07, 6.45) is 4.43. The number of hydrogen-bond acceptors (Lipinski definition) is 3. The molecule has 0 aliphatic carbocycles. The molecule has 2 heterocycles. The van der Waals surface area contributed by atoms with Gasteiger partial charge in [0.1, 0.15) is 5.69 Å². The number of aromatic nitrogens is 1. The molecule has 1 aromatic rings. The Balaban J connectivity index is 2.19. The molecule has 1 unspecified atom stereocenters. The van der Waals surface area contributed by atoms with Crippen LogP contribution in [0.4, 0.5) is 0 Å². The van der Waals surface area contributed by atoms with E-state index in [9.17, 15) is 4.79 Å². The van der Waals surface area contributed by atoms with E-state index in [1.54, 1.807) is 0 Å². The second kappa shape index (κ2) is 4.70. The van der Waals surface area contributed by atoms with E-state index in [1.165, 1.54) is 25.5 Å². The quantitative estimate of drug-likeness (QED) is 0.766. The van der Waals surface area contributed by atoms with Gasteiger partial charge in [0.05, 0.1) is 7.11 Å². The number of carbonyl (C=O) groups excluding carboxylic acids is 1. The molecule has 1 atom stereocenters. The predicted molar refractivity (Wildman–Crippen MR) is 61.6 cm³/mol. The lowest BCUT2D eigenvalue weighted by Crippen LogP contribution is -2.28. The van der Waals surface area contributed by atoms with Crippen molar-refractivity contribution in [3.8, 4) is 0 Å². The van der Waals surface area contributed by atoms with Crippen molar-refractivity contribution in [2.45, 2.75) is 18.8 Å². The number of hydrogen-bond donors (Lipinski definition) is 1. The van der Waals surface area contributed by atoms with E-state index < -0.39 is 0 Å². The molecule has 88 valence electrons. The minimum Gasteiger partial charge on any atom is -0.464 e. The zero-order valence-corrected chi connectivity index (χ0v) is 9.82. The second-order valence-electron chi connectivity index (χ2n) is 4.30. The molecule has 0 bridgehead atoms. The summed E-state index contributed by atoms with van der Waals surface area (Å²) in [5.74, 6) is 0.260. The Labute approximate surface area is 95.6 Å². The Bertz CT molecular complexity index is 378. The topological polar surface area (TPSA) is 43.3 Å². The maximum atomic E-state index is 11.5. The molecule has 1 saturated heterocycles. The number of methoxy groups -OCH3 is 1. The van der Waals surface area contributed by atoms with E-state index in [-0.39, 0.29) is 5.97 Å². The van der Waals surface area contributed by atoms with Gasteiger partial charge in [-0.3, -0.25) is 0 Å². The number of carbonyl (C=O) groups is 1. The molecule has 0 spiro atoms. The molecule has 4 heteroatoms. The van der Waals surface area contributed by atoms with E-state index in [1.807, 2.05) is 23.9 Å². The maximum Gasteiger partial charge on any atom is 0.354 e. The van der Waals surface area contributed by atoms with Crippen molar-refractivity contribution < 1.29 is 9.53 Å². The first-order valence-electron chi connectivity index (χ1n) is 5.67. The third-order valence-corrected chi connectivity index (χ3v) is 3.19. The minimum atomic E-state index is -0.266. The molecule has 0 saturated carbocycles. The summed E-state index contributed by atoms with van der Waals surface area (Å²) < 4.78 is 6.59. The number of ether oxygens (including phenoxy) is 1. The van der Waals surface area contributed by atoms with Gasteiger partial charge in [0.25, 0.3) is 0 Å². The van der Waals surface area contributed by atoms with E-state index in [4.69, 9.17) is 4.74 Å². The fourth-order valence-electron chi connectivity index (χ4n) is 2.26. The molecule has 0 aromatic carbocycles. The van der Waals surface area contributed by atoms with E-state index >= 15 is 0 Å². The van der Waals surface area contributed by atoms with Crippen LogP contribution in [-0.2, 0) is 11.8 Å². The number of nitrogens with one attached hydrogen (secondary N) is 1. The Kier molecular flexibility index (Phi) is 3.29. The molecular weight excluding hydrogens is 204 g/mol.